The first-order valence-electron chi connectivity index (χ1n) is 8.27. The first-order chi connectivity index (χ1) is 11.1. The number of aryl methyl sites for hydroxylation is 1. The molecule has 0 aromatic heterocycles. The van der Waals surface area contributed by atoms with E-state index in [0.717, 1.165) is 37.1 Å². The minimum atomic E-state index is -0.0987. The molecule has 2 aliphatic heterocycles. The standard InChI is InChI=1S/C17H24N4O2/c1-12-4-5-13(11-15(12)21-10-7-19-17(21)23)16(22)20-8-2-3-14(18)6-9-20/h4-5,11,14H,2-3,6-10,18H2,1H3,(H,19,23)/t14-/m0/s1. The van der Waals surface area contributed by atoms with Gasteiger partial charge in [-0.15, -0.1) is 0 Å². The van der Waals surface area contributed by atoms with Crippen molar-refractivity contribution in [2.75, 3.05) is 31.1 Å². The van der Waals surface area contributed by atoms with E-state index in [0.29, 0.717) is 25.2 Å². The summed E-state index contributed by atoms with van der Waals surface area (Å²) in [4.78, 5) is 28.3. The van der Waals surface area contributed by atoms with E-state index in [9.17, 15) is 9.59 Å². The van der Waals surface area contributed by atoms with E-state index >= 15 is 0 Å². The molecule has 23 heavy (non-hydrogen) atoms. The van der Waals surface area contributed by atoms with Gasteiger partial charge >= 0.3 is 6.03 Å². The fourth-order valence-electron chi connectivity index (χ4n) is 3.24. The molecule has 2 saturated heterocycles. The maximum atomic E-state index is 12.8. The second kappa shape index (κ2) is 6.58. The van der Waals surface area contributed by atoms with Gasteiger partial charge in [-0.25, -0.2) is 4.79 Å². The first-order valence-corrected chi connectivity index (χ1v) is 8.27. The topological polar surface area (TPSA) is 78.7 Å². The SMILES string of the molecule is Cc1ccc(C(=O)N2CCC[C@H](N)CC2)cc1N1CCNC1=O. The van der Waals surface area contributed by atoms with Gasteiger partial charge < -0.3 is 16.0 Å². The molecule has 0 aliphatic carbocycles. The summed E-state index contributed by atoms with van der Waals surface area (Å²) in [6.07, 6.45) is 2.76. The lowest BCUT2D eigenvalue weighted by molar-refractivity contribution is 0.0761. The van der Waals surface area contributed by atoms with Crippen LogP contribution in [-0.4, -0.2) is 49.1 Å². The van der Waals surface area contributed by atoms with Gasteiger partial charge in [-0.2, -0.15) is 0 Å². The Kier molecular flexibility index (Phi) is 4.52. The summed E-state index contributed by atoms with van der Waals surface area (Å²) in [5.41, 5.74) is 8.44. The molecule has 0 spiro atoms. The van der Waals surface area contributed by atoms with Gasteiger partial charge in [0.2, 0.25) is 0 Å². The van der Waals surface area contributed by atoms with Crippen LogP contribution in [0.2, 0.25) is 0 Å². The van der Waals surface area contributed by atoms with Crippen molar-refractivity contribution in [3.05, 3.63) is 29.3 Å². The van der Waals surface area contributed by atoms with Crippen LogP contribution < -0.4 is 16.0 Å². The quantitative estimate of drug-likeness (QED) is 0.867. The van der Waals surface area contributed by atoms with Crippen LogP contribution in [0, 0.1) is 6.92 Å². The van der Waals surface area contributed by atoms with E-state index in [1.807, 2.05) is 30.0 Å². The molecule has 0 radical (unpaired) electrons. The highest BCUT2D eigenvalue weighted by Crippen LogP contribution is 2.24. The van der Waals surface area contributed by atoms with E-state index in [2.05, 4.69) is 5.32 Å². The van der Waals surface area contributed by atoms with E-state index in [4.69, 9.17) is 5.73 Å². The van der Waals surface area contributed by atoms with Crippen LogP contribution in [0.25, 0.3) is 0 Å². The molecule has 2 heterocycles. The number of urea groups is 1. The highest BCUT2D eigenvalue weighted by molar-refractivity contribution is 5.99. The maximum absolute atomic E-state index is 12.8. The summed E-state index contributed by atoms with van der Waals surface area (Å²) < 4.78 is 0. The average molecular weight is 316 g/mol. The van der Waals surface area contributed by atoms with Gasteiger partial charge in [0.25, 0.3) is 5.91 Å². The highest BCUT2D eigenvalue weighted by Gasteiger charge is 2.25. The molecule has 2 aliphatic rings. The summed E-state index contributed by atoms with van der Waals surface area (Å²) in [6, 6.07) is 5.69. The molecule has 0 saturated carbocycles. The Morgan fingerprint density at radius 1 is 1.26 bits per heavy atom. The summed E-state index contributed by atoms with van der Waals surface area (Å²) in [5.74, 6) is 0.0277. The molecular weight excluding hydrogens is 292 g/mol. The number of nitrogens with two attached hydrogens (primary N) is 1. The number of nitrogens with one attached hydrogen (secondary N) is 1. The molecule has 1 atom stereocenters. The van der Waals surface area contributed by atoms with Gasteiger partial charge in [-0.05, 0) is 43.9 Å². The van der Waals surface area contributed by atoms with E-state index in [-0.39, 0.29) is 18.0 Å². The van der Waals surface area contributed by atoms with Crippen LogP contribution in [0.15, 0.2) is 18.2 Å². The number of anilines is 1. The van der Waals surface area contributed by atoms with Crippen molar-refractivity contribution in [3.8, 4) is 0 Å². The van der Waals surface area contributed by atoms with Crippen molar-refractivity contribution in [1.82, 2.24) is 10.2 Å². The number of rotatable bonds is 2. The number of hydrogen-bond acceptors (Lipinski definition) is 3. The smallest absolute Gasteiger partial charge is 0.322 e. The largest absolute Gasteiger partial charge is 0.339 e. The Labute approximate surface area is 136 Å². The zero-order valence-electron chi connectivity index (χ0n) is 13.5. The number of likely N-dealkylation sites (tertiary alicyclic amines) is 1. The third-order valence-corrected chi connectivity index (χ3v) is 4.66. The zero-order chi connectivity index (χ0) is 16.4. The molecule has 1 aromatic carbocycles. The molecule has 124 valence electrons. The third-order valence-electron chi connectivity index (χ3n) is 4.66. The van der Waals surface area contributed by atoms with E-state index in [1.165, 1.54) is 0 Å². The second-order valence-corrected chi connectivity index (χ2v) is 6.37. The zero-order valence-corrected chi connectivity index (χ0v) is 13.5. The lowest BCUT2D eigenvalue weighted by atomic mass is 10.1. The molecule has 6 heteroatoms. The number of nitrogens with zero attached hydrogens (tertiary/aromatic N) is 2. The summed E-state index contributed by atoms with van der Waals surface area (Å²) in [5, 5.41) is 2.80. The Morgan fingerprint density at radius 3 is 2.83 bits per heavy atom. The predicted molar refractivity (Wildman–Crippen MR) is 89.7 cm³/mol. The Morgan fingerprint density at radius 2 is 2.09 bits per heavy atom. The number of carbonyl (C=O) groups is 2. The maximum Gasteiger partial charge on any atom is 0.322 e. The van der Waals surface area contributed by atoms with Gasteiger partial charge in [0, 0.05) is 43.5 Å². The molecule has 1 aromatic rings. The number of benzene rings is 1. The summed E-state index contributed by atoms with van der Waals surface area (Å²) >= 11 is 0. The predicted octanol–water partition coefficient (Wildman–Crippen LogP) is 1.48. The van der Waals surface area contributed by atoms with Crippen LogP contribution in [0.1, 0.15) is 35.2 Å². The number of amides is 3. The normalized spacial score (nSPS) is 22.0. The molecule has 2 fully saturated rings. The van der Waals surface area contributed by atoms with Crippen LogP contribution in [0.3, 0.4) is 0 Å². The van der Waals surface area contributed by atoms with Crippen molar-refractivity contribution in [2.45, 2.75) is 32.2 Å². The van der Waals surface area contributed by atoms with Gasteiger partial charge in [0.15, 0.2) is 0 Å². The van der Waals surface area contributed by atoms with Gasteiger partial charge in [0.05, 0.1) is 0 Å². The van der Waals surface area contributed by atoms with Crippen LogP contribution in [0.4, 0.5) is 10.5 Å². The van der Waals surface area contributed by atoms with Crippen LogP contribution >= 0.6 is 0 Å². The Bertz CT molecular complexity index is 617. The lowest BCUT2D eigenvalue weighted by Crippen LogP contribution is -2.33. The summed E-state index contributed by atoms with van der Waals surface area (Å²) in [6.45, 7) is 4.68. The monoisotopic (exact) mass is 316 g/mol. The number of hydrogen-bond donors (Lipinski definition) is 2. The van der Waals surface area contributed by atoms with Crippen LogP contribution in [0.5, 0.6) is 0 Å². The van der Waals surface area contributed by atoms with Crippen molar-refractivity contribution in [3.63, 3.8) is 0 Å². The van der Waals surface area contributed by atoms with Gasteiger partial charge in [-0.1, -0.05) is 6.07 Å². The Balaban J connectivity index is 1.82. The van der Waals surface area contributed by atoms with Gasteiger partial charge in [0.1, 0.15) is 0 Å². The molecule has 0 unspecified atom stereocenters. The van der Waals surface area contributed by atoms with Crippen molar-refractivity contribution in [2.24, 2.45) is 5.73 Å². The average Bonchev–Trinajstić information content (AvgIpc) is 2.84. The fourth-order valence-corrected chi connectivity index (χ4v) is 3.24. The van der Waals surface area contributed by atoms with Crippen molar-refractivity contribution in [1.29, 1.82) is 0 Å². The van der Waals surface area contributed by atoms with Crippen molar-refractivity contribution >= 4 is 17.6 Å². The van der Waals surface area contributed by atoms with Crippen molar-refractivity contribution < 1.29 is 9.59 Å². The van der Waals surface area contributed by atoms with E-state index in [1.54, 1.807) is 4.90 Å². The first kappa shape index (κ1) is 15.8. The fraction of sp³-hybridized carbons (Fsp3) is 0.529. The third kappa shape index (κ3) is 3.32. The number of carbonyl (C=O) groups excluding carboxylic acids is 2. The minimum Gasteiger partial charge on any atom is -0.339 e. The van der Waals surface area contributed by atoms with Crippen LogP contribution in [-0.2, 0) is 0 Å². The summed E-state index contributed by atoms with van der Waals surface area (Å²) in [7, 11) is 0. The Hall–Kier alpha value is -2.08. The highest BCUT2D eigenvalue weighted by atomic mass is 16.2. The lowest BCUT2D eigenvalue weighted by Gasteiger charge is -2.22. The molecule has 0 bridgehead atoms. The molecule has 3 N–H and O–H groups in total. The molecule has 6 nitrogen and oxygen atoms in total. The molecular formula is C17H24N4O2. The van der Waals surface area contributed by atoms with Gasteiger partial charge in [-0.3, -0.25) is 9.69 Å². The molecule has 3 rings (SSSR count). The minimum absolute atomic E-state index is 0.0277. The van der Waals surface area contributed by atoms with E-state index < -0.39 is 0 Å². The molecule has 3 amide bonds. The second-order valence-electron chi connectivity index (χ2n) is 6.37.